The van der Waals surface area contributed by atoms with Gasteiger partial charge in [-0.1, -0.05) is 31.2 Å². The Balaban J connectivity index is 2.19. The van der Waals surface area contributed by atoms with E-state index in [1.54, 1.807) is 0 Å². The van der Waals surface area contributed by atoms with Crippen molar-refractivity contribution < 1.29 is 4.79 Å². The van der Waals surface area contributed by atoms with Crippen LogP contribution in [0.4, 0.5) is 11.4 Å². The van der Waals surface area contributed by atoms with Gasteiger partial charge in [0.2, 0.25) is 5.91 Å². The van der Waals surface area contributed by atoms with Crippen LogP contribution in [0.1, 0.15) is 31.9 Å². The zero-order valence-electron chi connectivity index (χ0n) is 12.8. The standard InChI is InChI=1S/C18H22N2O/c1-4-13-6-5-7-16(12-13)20-17(21)18(2,3)14-8-10-15(19)11-9-14/h5-12H,4,19H2,1-3H3,(H,20,21). The maximum atomic E-state index is 12.6. The summed E-state index contributed by atoms with van der Waals surface area (Å²) in [5.41, 5.74) is 8.77. The van der Waals surface area contributed by atoms with Crippen LogP contribution in [0, 0.1) is 0 Å². The van der Waals surface area contributed by atoms with E-state index in [-0.39, 0.29) is 5.91 Å². The van der Waals surface area contributed by atoms with Crippen LogP contribution in [-0.2, 0) is 16.6 Å². The molecule has 2 rings (SSSR count). The van der Waals surface area contributed by atoms with Crippen molar-refractivity contribution in [3.63, 3.8) is 0 Å². The van der Waals surface area contributed by atoms with Gasteiger partial charge in [-0.25, -0.2) is 0 Å². The molecule has 0 fully saturated rings. The predicted molar refractivity (Wildman–Crippen MR) is 88.3 cm³/mol. The van der Waals surface area contributed by atoms with Crippen molar-refractivity contribution in [2.24, 2.45) is 0 Å². The van der Waals surface area contributed by atoms with E-state index >= 15 is 0 Å². The largest absolute Gasteiger partial charge is 0.399 e. The maximum absolute atomic E-state index is 12.6. The Kier molecular flexibility index (Phi) is 4.32. The second-order valence-electron chi connectivity index (χ2n) is 5.76. The van der Waals surface area contributed by atoms with Crippen LogP contribution < -0.4 is 11.1 Å². The highest BCUT2D eigenvalue weighted by atomic mass is 16.2. The molecule has 0 aliphatic heterocycles. The second kappa shape index (κ2) is 6.00. The fourth-order valence-corrected chi connectivity index (χ4v) is 2.19. The Bertz CT molecular complexity index is 630. The Hall–Kier alpha value is -2.29. The summed E-state index contributed by atoms with van der Waals surface area (Å²) in [5.74, 6) is -0.0273. The lowest BCUT2D eigenvalue weighted by atomic mass is 9.83. The number of nitrogen functional groups attached to an aromatic ring is 1. The second-order valence-corrected chi connectivity index (χ2v) is 5.76. The van der Waals surface area contributed by atoms with Gasteiger partial charge in [-0.2, -0.15) is 0 Å². The molecular formula is C18H22N2O. The molecule has 3 N–H and O–H groups in total. The maximum Gasteiger partial charge on any atom is 0.234 e. The van der Waals surface area contributed by atoms with Gasteiger partial charge in [0.05, 0.1) is 5.41 Å². The Morgan fingerprint density at radius 3 is 2.43 bits per heavy atom. The zero-order valence-corrected chi connectivity index (χ0v) is 12.8. The summed E-state index contributed by atoms with van der Waals surface area (Å²) in [7, 11) is 0. The highest BCUT2D eigenvalue weighted by Gasteiger charge is 2.29. The molecule has 2 aromatic rings. The van der Waals surface area contributed by atoms with Crippen molar-refractivity contribution in [3.05, 3.63) is 59.7 Å². The van der Waals surface area contributed by atoms with Gasteiger partial charge >= 0.3 is 0 Å². The molecule has 0 unspecified atom stereocenters. The first-order valence-electron chi connectivity index (χ1n) is 7.20. The Morgan fingerprint density at radius 2 is 1.81 bits per heavy atom. The topological polar surface area (TPSA) is 55.1 Å². The molecular weight excluding hydrogens is 260 g/mol. The molecule has 0 radical (unpaired) electrons. The number of aryl methyl sites for hydroxylation is 1. The molecule has 0 bridgehead atoms. The number of rotatable bonds is 4. The van der Waals surface area contributed by atoms with E-state index in [4.69, 9.17) is 5.73 Å². The van der Waals surface area contributed by atoms with E-state index in [9.17, 15) is 4.79 Å². The van der Waals surface area contributed by atoms with Crippen LogP contribution in [0.15, 0.2) is 48.5 Å². The van der Waals surface area contributed by atoms with E-state index in [1.165, 1.54) is 5.56 Å². The zero-order chi connectivity index (χ0) is 15.5. The number of carbonyl (C=O) groups is 1. The fraction of sp³-hybridized carbons (Fsp3) is 0.278. The molecule has 3 nitrogen and oxygen atoms in total. The minimum absolute atomic E-state index is 0.0273. The summed E-state index contributed by atoms with van der Waals surface area (Å²) in [6.07, 6.45) is 0.949. The molecule has 1 amide bonds. The third kappa shape index (κ3) is 3.43. The van der Waals surface area contributed by atoms with Gasteiger partial charge in [-0.15, -0.1) is 0 Å². The highest BCUT2D eigenvalue weighted by molar-refractivity contribution is 5.98. The SMILES string of the molecule is CCc1cccc(NC(=O)C(C)(C)c2ccc(N)cc2)c1. The van der Waals surface area contributed by atoms with Crippen molar-refractivity contribution >= 4 is 17.3 Å². The number of amides is 1. The molecule has 0 aromatic heterocycles. The van der Waals surface area contributed by atoms with Crippen LogP contribution >= 0.6 is 0 Å². The molecule has 21 heavy (non-hydrogen) atoms. The first-order chi connectivity index (χ1) is 9.93. The summed E-state index contributed by atoms with van der Waals surface area (Å²) >= 11 is 0. The predicted octanol–water partition coefficient (Wildman–Crippen LogP) is 3.75. The van der Waals surface area contributed by atoms with E-state index in [2.05, 4.69) is 18.3 Å². The smallest absolute Gasteiger partial charge is 0.234 e. The van der Waals surface area contributed by atoms with Gasteiger partial charge < -0.3 is 11.1 Å². The highest BCUT2D eigenvalue weighted by Crippen LogP contribution is 2.26. The molecule has 110 valence electrons. The summed E-state index contributed by atoms with van der Waals surface area (Å²) in [4.78, 5) is 12.6. The van der Waals surface area contributed by atoms with E-state index < -0.39 is 5.41 Å². The van der Waals surface area contributed by atoms with Crippen molar-refractivity contribution in [2.75, 3.05) is 11.1 Å². The van der Waals surface area contributed by atoms with Crippen molar-refractivity contribution in [3.8, 4) is 0 Å². The third-order valence-electron chi connectivity index (χ3n) is 3.79. The molecule has 0 saturated heterocycles. The quantitative estimate of drug-likeness (QED) is 0.839. The molecule has 2 aromatic carbocycles. The summed E-state index contributed by atoms with van der Waals surface area (Å²) in [5, 5.41) is 3.00. The van der Waals surface area contributed by atoms with Gasteiger partial charge in [0.15, 0.2) is 0 Å². The average Bonchev–Trinajstić information content (AvgIpc) is 2.48. The van der Waals surface area contributed by atoms with Crippen molar-refractivity contribution in [2.45, 2.75) is 32.6 Å². The van der Waals surface area contributed by atoms with Gasteiger partial charge in [0, 0.05) is 11.4 Å². The summed E-state index contributed by atoms with van der Waals surface area (Å²) in [6.45, 7) is 5.92. The number of nitrogens with two attached hydrogens (primary N) is 1. The lowest BCUT2D eigenvalue weighted by Gasteiger charge is -2.24. The number of benzene rings is 2. The Labute approximate surface area is 126 Å². The number of carbonyl (C=O) groups excluding carboxylic acids is 1. The fourth-order valence-electron chi connectivity index (χ4n) is 2.19. The molecule has 0 heterocycles. The van der Waals surface area contributed by atoms with Crippen LogP contribution in [-0.4, -0.2) is 5.91 Å². The molecule has 0 atom stereocenters. The first-order valence-corrected chi connectivity index (χ1v) is 7.20. The van der Waals surface area contributed by atoms with Crippen LogP contribution in [0.25, 0.3) is 0 Å². The van der Waals surface area contributed by atoms with E-state index in [1.807, 2.05) is 56.3 Å². The number of hydrogen-bond donors (Lipinski definition) is 2. The summed E-state index contributed by atoms with van der Waals surface area (Å²) < 4.78 is 0. The minimum Gasteiger partial charge on any atom is -0.399 e. The number of nitrogens with one attached hydrogen (secondary N) is 1. The minimum atomic E-state index is -0.615. The van der Waals surface area contributed by atoms with Crippen LogP contribution in [0.3, 0.4) is 0 Å². The third-order valence-corrected chi connectivity index (χ3v) is 3.79. The monoisotopic (exact) mass is 282 g/mol. The van der Waals surface area contributed by atoms with E-state index in [0.29, 0.717) is 5.69 Å². The van der Waals surface area contributed by atoms with Gasteiger partial charge in [-0.05, 0) is 55.7 Å². The van der Waals surface area contributed by atoms with Gasteiger partial charge in [-0.3, -0.25) is 4.79 Å². The van der Waals surface area contributed by atoms with Gasteiger partial charge in [0.25, 0.3) is 0 Å². The van der Waals surface area contributed by atoms with E-state index in [0.717, 1.165) is 17.7 Å². The van der Waals surface area contributed by atoms with Crippen LogP contribution in [0.2, 0.25) is 0 Å². The molecule has 0 aliphatic carbocycles. The first kappa shape index (κ1) is 15.1. The number of anilines is 2. The molecule has 0 saturated carbocycles. The lowest BCUT2D eigenvalue weighted by Crippen LogP contribution is -2.34. The van der Waals surface area contributed by atoms with Crippen molar-refractivity contribution in [1.29, 1.82) is 0 Å². The van der Waals surface area contributed by atoms with Crippen molar-refractivity contribution in [1.82, 2.24) is 0 Å². The Morgan fingerprint density at radius 1 is 1.14 bits per heavy atom. The summed E-state index contributed by atoms with van der Waals surface area (Å²) in [6, 6.07) is 15.4. The molecule has 0 spiro atoms. The van der Waals surface area contributed by atoms with Crippen LogP contribution in [0.5, 0.6) is 0 Å². The molecule has 0 aliphatic rings. The molecule has 3 heteroatoms. The normalized spacial score (nSPS) is 11.2. The average molecular weight is 282 g/mol. The lowest BCUT2D eigenvalue weighted by molar-refractivity contribution is -0.120. The number of hydrogen-bond acceptors (Lipinski definition) is 2. The van der Waals surface area contributed by atoms with Gasteiger partial charge in [0.1, 0.15) is 0 Å².